The number of methoxy groups -OCH3 is 1. The molecule has 1 aliphatic rings. The van der Waals surface area contributed by atoms with Crippen LogP contribution in [0.15, 0.2) is 48.5 Å². The number of carbonyl (C=O) groups excluding carboxylic acids is 1. The Morgan fingerprint density at radius 1 is 1.21 bits per heavy atom. The molecule has 122 valence electrons. The fourth-order valence-corrected chi connectivity index (χ4v) is 4.31. The third-order valence-electron chi connectivity index (χ3n) is 4.85. The molecule has 0 aliphatic carbocycles. The summed E-state index contributed by atoms with van der Waals surface area (Å²) in [6.45, 7) is 0. The number of halogens is 1. The van der Waals surface area contributed by atoms with Crippen LogP contribution in [0.4, 0.5) is 0 Å². The molecule has 1 atom stereocenters. The first-order valence-corrected chi connectivity index (χ1v) is 9.23. The molecule has 0 radical (unpaired) electrons. The zero-order valence-electron chi connectivity index (χ0n) is 13.5. The standard InChI is InChI=1S/C20H18BrNO2/c1-24-15-9-6-13(7-10-15)20(23)19-16-4-2-3-5-17(16)22-14(12-21)8-11-18(19)22/h2-7,9-10,14H,8,11-12H2,1H3. The van der Waals surface area contributed by atoms with E-state index in [0.717, 1.165) is 40.4 Å². The van der Waals surface area contributed by atoms with E-state index in [9.17, 15) is 4.79 Å². The Kier molecular flexibility index (Phi) is 3.93. The molecule has 3 nitrogen and oxygen atoms in total. The molecular formula is C20H18BrNO2. The average molecular weight is 384 g/mol. The molecule has 3 aromatic rings. The van der Waals surface area contributed by atoms with Gasteiger partial charge in [-0.3, -0.25) is 4.79 Å². The van der Waals surface area contributed by atoms with Crippen LogP contribution in [0, 0.1) is 0 Å². The first-order chi connectivity index (χ1) is 11.7. The van der Waals surface area contributed by atoms with Crippen LogP contribution in [-0.4, -0.2) is 22.8 Å². The van der Waals surface area contributed by atoms with Gasteiger partial charge >= 0.3 is 0 Å². The molecule has 2 aromatic carbocycles. The minimum atomic E-state index is 0.0952. The largest absolute Gasteiger partial charge is 0.497 e. The molecule has 4 rings (SSSR count). The molecule has 1 aromatic heterocycles. The number of hydrogen-bond acceptors (Lipinski definition) is 2. The SMILES string of the molecule is COc1ccc(C(=O)c2c3n(c4ccccc24)C(CBr)CC3)cc1. The summed E-state index contributed by atoms with van der Waals surface area (Å²) in [6.07, 6.45) is 2.02. The van der Waals surface area contributed by atoms with E-state index in [-0.39, 0.29) is 5.78 Å². The molecule has 0 amide bonds. The van der Waals surface area contributed by atoms with Crippen LogP contribution < -0.4 is 4.74 Å². The molecule has 2 heterocycles. The summed E-state index contributed by atoms with van der Waals surface area (Å²) in [4.78, 5) is 13.2. The lowest BCUT2D eigenvalue weighted by atomic mass is 9.98. The van der Waals surface area contributed by atoms with Gasteiger partial charge in [0.15, 0.2) is 5.78 Å². The van der Waals surface area contributed by atoms with Crippen LogP contribution in [0.3, 0.4) is 0 Å². The van der Waals surface area contributed by atoms with E-state index in [0.29, 0.717) is 11.6 Å². The third kappa shape index (κ3) is 2.28. The monoisotopic (exact) mass is 383 g/mol. The van der Waals surface area contributed by atoms with Crippen molar-refractivity contribution in [2.45, 2.75) is 18.9 Å². The van der Waals surface area contributed by atoms with Gasteiger partial charge in [0.25, 0.3) is 0 Å². The highest BCUT2D eigenvalue weighted by Gasteiger charge is 2.30. The second kappa shape index (κ2) is 6.10. The number of rotatable bonds is 4. The fourth-order valence-electron chi connectivity index (χ4n) is 3.70. The van der Waals surface area contributed by atoms with Gasteiger partial charge in [-0.1, -0.05) is 34.1 Å². The zero-order chi connectivity index (χ0) is 16.7. The molecule has 0 spiro atoms. The highest BCUT2D eigenvalue weighted by Crippen LogP contribution is 2.38. The Morgan fingerprint density at radius 3 is 2.67 bits per heavy atom. The van der Waals surface area contributed by atoms with E-state index >= 15 is 0 Å². The molecule has 24 heavy (non-hydrogen) atoms. The number of hydrogen-bond donors (Lipinski definition) is 0. The molecule has 0 bridgehead atoms. The summed E-state index contributed by atoms with van der Waals surface area (Å²) < 4.78 is 7.54. The number of ketones is 1. The van der Waals surface area contributed by atoms with E-state index in [1.807, 2.05) is 36.4 Å². The fraction of sp³-hybridized carbons (Fsp3) is 0.250. The minimum Gasteiger partial charge on any atom is -0.497 e. The molecule has 0 saturated carbocycles. The smallest absolute Gasteiger partial charge is 0.195 e. The highest BCUT2D eigenvalue weighted by molar-refractivity contribution is 9.09. The molecule has 1 unspecified atom stereocenters. The number of carbonyl (C=O) groups is 1. The maximum Gasteiger partial charge on any atom is 0.195 e. The van der Waals surface area contributed by atoms with Crippen molar-refractivity contribution >= 4 is 32.6 Å². The Bertz CT molecular complexity index is 911. The lowest BCUT2D eigenvalue weighted by Gasteiger charge is -2.11. The molecular weight excluding hydrogens is 366 g/mol. The van der Waals surface area contributed by atoms with Gasteiger partial charge in [-0.15, -0.1) is 0 Å². The number of nitrogens with zero attached hydrogens (tertiary/aromatic N) is 1. The predicted octanol–water partition coefficient (Wildman–Crippen LogP) is 4.76. The first-order valence-electron chi connectivity index (χ1n) is 8.11. The van der Waals surface area contributed by atoms with Crippen LogP contribution in [0.1, 0.15) is 34.1 Å². The summed E-state index contributed by atoms with van der Waals surface area (Å²) in [7, 11) is 1.63. The topological polar surface area (TPSA) is 31.2 Å². The van der Waals surface area contributed by atoms with Gasteiger partial charge in [0.1, 0.15) is 5.75 Å². The number of aromatic nitrogens is 1. The Hall–Kier alpha value is -2.07. The van der Waals surface area contributed by atoms with Gasteiger partial charge in [0.05, 0.1) is 12.7 Å². The number of benzene rings is 2. The van der Waals surface area contributed by atoms with Crippen LogP contribution in [-0.2, 0) is 6.42 Å². The van der Waals surface area contributed by atoms with Gasteiger partial charge in [0, 0.05) is 33.5 Å². The summed E-state index contributed by atoms with van der Waals surface area (Å²) in [5, 5.41) is 1.97. The van der Waals surface area contributed by atoms with E-state index in [2.05, 4.69) is 32.6 Å². The number of alkyl halides is 1. The predicted molar refractivity (Wildman–Crippen MR) is 99.5 cm³/mol. The van der Waals surface area contributed by atoms with Crippen molar-refractivity contribution in [3.63, 3.8) is 0 Å². The van der Waals surface area contributed by atoms with E-state index < -0.39 is 0 Å². The zero-order valence-corrected chi connectivity index (χ0v) is 15.0. The first kappa shape index (κ1) is 15.5. The summed E-state index contributed by atoms with van der Waals surface area (Å²) in [5.74, 6) is 0.857. The maximum absolute atomic E-state index is 13.2. The molecule has 4 heteroatoms. The Labute approximate surface area is 149 Å². The number of ether oxygens (including phenoxy) is 1. The van der Waals surface area contributed by atoms with Gasteiger partial charge in [0.2, 0.25) is 0 Å². The summed E-state index contributed by atoms with van der Waals surface area (Å²) >= 11 is 3.62. The quantitative estimate of drug-likeness (QED) is 0.480. The van der Waals surface area contributed by atoms with Crippen molar-refractivity contribution in [1.82, 2.24) is 4.57 Å². The highest BCUT2D eigenvalue weighted by atomic mass is 79.9. The Morgan fingerprint density at radius 2 is 1.96 bits per heavy atom. The Balaban J connectivity index is 1.89. The van der Waals surface area contributed by atoms with Gasteiger partial charge < -0.3 is 9.30 Å². The van der Waals surface area contributed by atoms with Crippen LogP contribution in [0.5, 0.6) is 5.75 Å². The van der Waals surface area contributed by atoms with E-state index in [1.54, 1.807) is 7.11 Å². The number of fused-ring (bicyclic) bond motifs is 3. The van der Waals surface area contributed by atoms with Gasteiger partial charge in [-0.05, 0) is 43.2 Å². The van der Waals surface area contributed by atoms with Crippen LogP contribution in [0.2, 0.25) is 0 Å². The second-order valence-corrected chi connectivity index (χ2v) is 6.76. The molecule has 1 aliphatic heterocycles. The van der Waals surface area contributed by atoms with Gasteiger partial charge in [-0.25, -0.2) is 0 Å². The van der Waals surface area contributed by atoms with E-state index in [4.69, 9.17) is 4.74 Å². The van der Waals surface area contributed by atoms with Crippen molar-refractivity contribution in [3.8, 4) is 5.75 Å². The number of para-hydroxylation sites is 1. The summed E-state index contributed by atoms with van der Waals surface area (Å²) in [5.41, 5.74) is 3.89. The van der Waals surface area contributed by atoms with Crippen molar-refractivity contribution in [2.75, 3.05) is 12.4 Å². The van der Waals surface area contributed by atoms with Crippen molar-refractivity contribution < 1.29 is 9.53 Å². The second-order valence-electron chi connectivity index (χ2n) is 6.11. The maximum atomic E-state index is 13.2. The molecule has 0 fully saturated rings. The molecule has 0 saturated heterocycles. The normalized spacial score (nSPS) is 16.3. The van der Waals surface area contributed by atoms with Gasteiger partial charge in [-0.2, -0.15) is 0 Å². The van der Waals surface area contributed by atoms with Crippen molar-refractivity contribution in [1.29, 1.82) is 0 Å². The lowest BCUT2D eigenvalue weighted by Crippen LogP contribution is -2.06. The van der Waals surface area contributed by atoms with Crippen LogP contribution >= 0.6 is 15.9 Å². The van der Waals surface area contributed by atoms with Crippen LogP contribution in [0.25, 0.3) is 10.9 Å². The molecule has 0 N–H and O–H groups in total. The lowest BCUT2D eigenvalue weighted by molar-refractivity contribution is 0.103. The minimum absolute atomic E-state index is 0.0952. The average Bonchev–Trinajstić information content (AvgIpc) is 3.19. The van der Waals surface area contributed by atoms with Crippen molar-refractivity contribution in [3.05, 3.63) is 65.4 Å². The van der Waals surface area contributed by atoms with E-state index in [1.165, 1.54) is 5.69 Å². The van der Waals surface area contributed by atoms with Crippen molar-refractivity contribution in [2.24, 2.45) is 0 Å². The third-order valence-corrected chi connectivity index (χ3v) is 5.60. The summed E-state index contributed by atoms with van der Waals surface area (Å²) in [6, 6.07) is 16.0.